The maximum atomic E-state index is 5.37. The van der Waals surface area contributed by atoms with Crippen LogP contribution in [-0.2, 0) is 10.2 Å². The summed E-state index contributed by atoms with van der Waals surface area (Å²) < 4.78 is 8.54. The van der Waals surface area contributed by atoms with Gasteiger partial charge in [-0.15, -0.1) is 0 Å². The first kappa shape index (κ1) is 19.0. The van der Waals surface area contributed by atoms with Crippen LogP contribution in [-0.4, -0.2) is 37.9 Å². The van der Waals surface area contributed by atoms with Crippen LogP contribution in [0.5, 0.6) is 0 Å². The number of hydrogen-bond acceptors (Lipinski definition) is 2. The van der Waals surface area contributed by atoms with Crippen LogP contribution in [0.15, 0.2) is 78.6 Å². The first-order chi connectivity index (χ1) is 13.6. The van der Waals surface area contributed by atoms with Gasteiger partial charge >= 0.3 is 176 Å². The summed E-state index contributed by atoms with van der Waals surface area (Å²) in [6.07, 6.45) is 7.24. The number of rotatable bonds is 3. The molecule has 3 radical (unpaired) electrons. The molecular weight excluding hydrogens is 537 g/mol. The Balaban J connectivity index is 1.94. The van der Waals surface area contributed by atoms with E-state index in [1.165, 1.54) is 5.39 Å². The van der Waals surface area contributed by atoms with Crippen molar-refractivity contribution in [3.8, 4) is 20.7 Å². The van der Waals surface area contributed by atoms with Gasteiger partial charge < -0.3 is 0 Å². The molecule has 0 bridgehead atoms. The molecule has 1 unspecified atom stereocenters. The fourth-order valence-corrected chi connectivity index (χ4v) is 4.14. The van der Waals surface area contributed by atoms with E-state index in [9.17, 15) is 0 Å². The van der Waals surface area contributed by atoms with E-state index in [0.29, 0.717) is 0 Å². The summed E-state index contributed by atoms with van der Waals surface area (Å²) in [6.45, 7) is 2.23. The first-order valence-electron chi connectivity index (χ1n) is 9.25. The zero-order chi connectivity index (χ0) is 19.6. The van der Waals surface area contributed by atoms with Gasteiger partial charge in [0.15, 0.2) is 0 Å². The fourth-order valence-electron chi connectivity index (χ4n) is 3.62. The number of pyridine rings is 1. The van der Waals surface area contributed by atoms with Gasteiger partial charge in [-0.3, -0.25) is 0 Å². The van der Waals surface area contributed by atoms with Crippen LogP contribution in [0.4, 0.5) is 0 Å². The summed E-state index contributed by atoms with van der Waals surface area (Å²) in [5, 5.41) is 2.36. The van der Waals surface area contributed by atoms with E-state index in [1.54, 1.807) is 7.11 Å². The van der Waals surface area contributed by atoms with Gasteiger partial charge in [-0.1, -0.05) is 0 Å². The molecule has 2 nitrogen and oxygen atoms in total. The molecule has 0 saturated carbocycles. The van der Waals surface area contributed by atoms with Gasteiger partial charge in [0.05, 0.1) is 7.11 Å². The van der Waals surface area contributed by atoms with E-state index in [1.807, 2.05) is 12.1 Å². The SMILES string of the molecule is COC1=CCC(C)(c2cc3ccccc3c(-c3ccccc3C#[C][Pb])n2)C=C1. The average Bonchev–Trinajstić information content (AvgIpc) is 2.74. The molecule has 1 aliphatic carbocycles. The van der Waals surface area contributed by atoms with Gasteiger partial charge in [0, 0.05) is 0 Å². The molecule has 4 rings (SSSR count). The van der Waals surface area contributed by atoms with Crippen molar-refractivity contribution in [3.05, 3.63) is 89.8 Å². The quantitative estimate of drug-likeness (QED) is 0.329. The first-order valence-corrected chi connectivity index (χ1v) is 11.2. The molecule has 2 aromatic carbocycles. The number of ether oxygens (including phenoxy) is 1. The predicted molar refractivity (Wildman–Crippen MR) is 116 cm³/mol. The molecular formula is C25H20NOPb. The van der Waals surface area contributed by atoms with Gasteiger partial charge in [0.25, 0.3) is 0 Å². The third-order valence-corrected chi connectivity index (χ3v) is 5.77. The normalized spacial score (nSPS) is 18.3. The minimum atomic E-state index is -0.168. The molecule has 3 heteroatoms. The van der Waals surface area contributed by atoms with Crippen molar-refractivity contribution in [2.45, 2.75) is 18.8 Å². The third-order valence-electron chi connectivity index (χ3n) is 5.28. The Morgan fingerprint density at radius 3 is 2.64 bits per heavy atom. The molecule has 1 atom stereocenters. The maximum absolute atomic E-state index is 5.37. The number of benzene rings is 2. The molecule has 0 fully saturated rings. The molecule has 0 saturated heterocycles. The van der Waals surface area contributed by atoms with Crippen LogP contribution in [0, 0.1) is 9.40 Å². The Kier molecular flexibility index (Phi) is 5.36. The second kappa shape index (κ2) is 7.92. The van der Waals surface area contributed by atoms with Crippen molar-refractivity contribution in [3.63, 3.8) is 0 Å². The van der Waals surface area contributed by atoms with Crippen LogP contribution in [0.3, 0.4) is 0 Å². The van der Waals surface area contributed by atoms with Crippen LogP contribution < -0.4 is 0 Å². The number of nitrogens with zero attached hydrogens (tertiary/aromatic N) is 1. The summed E-state index contributed by atoms with van der Waals surface area (Å²) in [5.74, 6) is 4.20. The van der Waals surface area contributed by atoms with E-state index in [-0.39, 0.29) is 5.41 Å². The average molecular weight is 558 g/mol. The molecule has 135 valence electrons. The van der Waals surface area contributed by atoms with E-state index in [0.717, 1.165) is 65.8 Å². The summed E-state index contributed by atoms with van der Waals surface area (Å²) >= 11 is 0.857. The van der Waals surface area contributed by atoms with Gasteiger partial charge in [-0.05, 0) is 0 Å². The summed E-state index contributed by atoms with van der Waals surface area (Å²) in [7, 11) is 1.71. The molecule has 3 aromatic rings. The van der Waals surface area contributed by atoms with Crippen molar-refractivity contribution < 1.29 is 4.74 Å². The Bertz CT molecular complexity index is 1170. The zero-order valence-electron chi connectivity index (χ0n) is 16.0. The van der Waals surface area contributed by atoms with Gasteiger partial charge in [-0.25, -0.2) is 0 Å². The molecule has 1 aromatic heterocycles. The zero-order valence-corrected chi connectivity index (χ0v) is 19.9. The van der Waals surface area contributed by atoms with E-state index in [2.05, 4.69) is 77.0 Å². The van der Waals surface area contributed by atoms with E-state index in [4.69, 9.17) is 9.72 Å². The topological polar surface area (TPSA) is 22.1 Å². The number of methoxy groups -OCH3 is 1. The summed E-state index contributed by atoms with van der Waals surface area (Å²) in [6, 6.07) is 19.0. The van der Waals surface area contributed by atoms with Crippen LogP contribution in [0.1, 0.15) is 24.6 Å². The van der Waals surface area contributed by atoms with Crippen LogP contribution in [0.2, 0.25) is 0 Å². The summed E-state index contributed by atoms with van der Waals surface area (Å²) in [5.41, 5.74) is 4.04. The van der Waals surface area contributed by atoms with Crippen molar-refractivity contribution in [1.29, 1.82) is 0 Å². The Labute approximate surface area is 182 Å². The van der Waals surface area contributed by atoms with Gasteiger partial charge in [0.2, 0.25) is 0 Å². The summed E-state index contributed by atoms with van der Waals surface area (Å²) in [4.78, 5) is 5.18. The molecule has 0 amide bonds. The van der Waals surface area contributed by atoms with Crippen molar-refractivity contribution in [2.75, 3.05) is 7.11 Å². The molecule has 28 heavy (non-hydrogen) atoms. The van der Waals surface area contributed by atoms with Gasteiger partial charge in [-0.2, -0.15) is 0 Å². The standard InChI is InChI=1S/C25H20NO.Pb/c1-4-18-9-5-7-11-21(18)24-22-12-8-6-10-19(22)17-23(26-24)25(2)15-13-20(27-3)14-16-25;/h5-15,17H,16H2,2-3H3;. The second-order valence-electron chi connectivity index (χ2n) is 7.14. The third kappa shape index (κ3) is 3.51. The Hall–Kier alpha value is -2.39. The number of fused-ring (bicyclic) bond motifs is 1. The van der Waals surface area contributed by atoms with Crippen molar-refractivity contribution >= 4 is 36.5 Å². The molecule has 0 N–H and O–H groups in total. The van der Waals surface area contributed by atoms with Crippen molar-refractivity contribution in [2.24, 2.45) is 0 Å². The second-order valence-corrected chi connectivity index (χ2v) is 8.11. The van der Waals surface area contributed by atoms with Crippen molar-refractivity contribution in [1.82, 2.24) is 4.98 Å². The molecule has 1 heterocycles. The minimum absolute atomic E-state index is 0.168. The number of aromatic nitrogens is 1. The molecule has 0 aliphatic heterocycles. The molecule has 0 spiro atoms. The number of hydrogen-bond donors (Lipinski definition) is 0. The van der Waals surface area contributed by atoms with Crippen LogP contribution in [0.25, 0.3) is 22.0 Å². The van der Waals surface area contributed by atoms with E-state index < -0.39 is 0 Å². The fraction of sp³-hybridized carbons (Fsp3) is 0.160. The Morgan fingerprint density at radius 2 is 1.89 bits per heavy atom. The number of allylic oxidation sites excluding steroid dienone is 3. The van der Waals surface area contributed by atoms with Crippen LogP contribution >= 0.6 is 0 Å². The molecule has 1 aliphatic rings. The van der Waals surface area contributed by atoms with Gasteiger partial charge in [0.1, 0.15) is 0 Å². The predicted octanol–water partition coefficient (Wildman–Crippen LogP) is 5.13. The monoisotopic (exact) mass is 558 g/mol. The van der Waals surface area contributed by atoms with E-state index >= 15 is 0 Å². The Morgan fingerprint density at radius 1 is 1.11 bits per heavy atom.